The minimum atomic E-state index is -0.375. The molecule has 0 fully saturated rings. The number of carbonyl (C=O) groups excluding carboxylic acids is 1. The van der Waals surface area contributed by atoms with Crippen molar-refractivity contribution < 1.29 is 14.3 Å². The lowest BCUT2D eigenvalue weighted by Gasteiger charge is -2.12. The first-order valence-electron chi connectivity index (χ1n) is 7.25. The zero-order valence-electron chi connectivity index (χ0n) is 13.7. The summed E-state index contributed by atoms with van der Waals surface area (Å²) in [6, 6.07) is 10.5. The Hall–Kier alpha value is -2.66. The van der Waals surface area contributed by atoms with Gasteiger partial charge in [0.15, 0.2) is 0 Å². The van der Waals surface area contributed by atoms with Gasteiger partial charge >= 0.3 is 6.03 Å². The van der Waals surface area contributed by atoms with E-state index in [4.69, 9.17) is 21.1 Å². The normalized spacial score (nSPS) is 10.5. The zero-order chi connectivity index (χ0) is 17.5. The lowest BCUT2D eigenvalue weighted by atomic mass is 10.2. The fourth-order valence-corrected chi connectivity index (χ4v) is 2.17. The van der Waals surface area contributed by atoms with Gasteiger partial charge in [-0.3, -0.25) is 0 Å². The van der Waals surface area contributed by atoms with Crippen molar-refractivity contribution in [3.63, 3.8) is 0 Å². The number of carbonyl (C=O) groups is 1. The van der Waals surface area contributed by atoms with Crippen molar-refractivity contribution in [1.29, 1.82) is 0 Å². The Morgan fingerprint density at radius 1 is 1.12 bits per heavy atom. The van der Waals surface area contributed by atoms with Gasteiger partial charge in [0.1, 0.15) is 11.5 Å². The van der Waals surface area contributed by atoms with E-state index >= 15 is 0 Å². The molecule has 0 heterocycles. The first-order chi connectivity index (χ1) is 11.5. The van der Waals surface area contributed by atoms with Crippen molar-refractivity contribution in [2.24, 2.45) is 0 Å². The van der Waals surface area contributed by atoms with Crippen LogP contribution in [0.3, 0.4) is 0 Å². The summed E-state index contributed by atoms with van der Waals surface area (Å²) in [6.07, 6.45) is 3.34. The van der Waals surface area contributed by atoms with Crippen LogP contribution in [0.15, 0.2) is 42.6 Å². The second-order valence-corrected chi connectivity index (χ2v) is 5.41. The third-order valence-corrected chi connectivity index (χ3v) is 3.74. The standard InChI is InChI=1S/C18H19ClN2O3/c1-12-10-16(17(24-3)11-15(12)19)21-18(22)20-9-8-13-4-6-14(23-2)7-5-13/h4-11H,1-3H3,(H2,20,21,22)/b9-8+. The van der Waals surface area contributed by atoms with Crippen LogP contribution in [-0.2, 0) is 0 Å². The SMILES string of the molecule is COc1ccc(/C=C/NC(=O)Nc2cc(C)c(Cl)cc2OC)cc1. The number of hydrogen-bond acceptors (Lipinski definition) is 3. The van der Waals surface area contributed by atoms with Crippen LogP contribution in [0.4, 0.5) is 10.5 Å². The molecule has 2 N–H and O–H groups in total. The summed E-state index contributed by atoms with van der Waals surface area (Å²) >= 11 is 6.05. The molecule has 0 saturated heterocycles. The smallest absolute Gasteiger partial charge is 0.323 e. The third-order valence-electron chi connectivity index (χ3n) is 3.33. The second-order valence-electron chi connectivity index (χ2n) is 5.01. The predicted octanol–water partition coefficient (Wildman–Crippen LogP) is 4.46. The fourth-order valence-electron chi connectivity index (χ4n) is 2.02. The van der Waals surface area contributed by atoms with Crippen molar-refractivity contribution in [3.05, 3.63) is 58.7 Å². The molecule has 0 aliphatic rings. The molecule has 0 aliphatic heterocycles. The van der Waals surface area contributed by atoms with E-state index in [0.29, 0.717) is 16.5 Å². The largest absolute Gasteiger partial charge is 0.497 e. The molecule has 0 radical (unpaired) electrons. The molecular weight excluding hydrogens is 328 g/mol. The molecule has 0 aliphatic carbocycles. The number of rotatable bonds is 5. The van der Waals surface area contributed by atoms with Crippen molar-refractivity contribution in [2.75, 3.05) is 19.5 Å². The van der Waals surface area contributed by atoms with Gasteiger partial charge in [-0.1, -0.05) is 23.7 Å². The van der Waals surface area contributed by atoms with Crippen molar-refractivity contribution >= 4 is 29.4 Å². The number of hydrogen-bond donors (Lipinski definition) is 2. The van der Waals surface area contributed by atoms with Crippen LogP contribution in [0.1, 0.15) is 11.1 Å². The molecule has 24 heavy (non-hydrogen) atoms. The highest BCUT2D eigenvalue weighted by Gasteiger charge is 2.09. The molecule has 2 amide bonds. The average Bonchev–Trinajstić information content (AvgIpc) is 2.58. The fraction of sp³-hybridized carbons (Fsp3) is 0.167. The van der Waals surface area contributed by atoms with Crippen molar-refractivity contribution in [1.82, 2.24) is 5.32 Å². The lowest BCUT2D eigenvalue weighted by Crippen LogP contribution is -2.24. The quantitative estimate of drug-likeness (QED) is 0.840. The summed E-state index contributed by atoms with van der Waals surface area (Å²) < 4.78 is 10.3. The highest BCUT2D eigenvalue weighted by atomic mass is 35.5. The van der Waals surface area contributed by atoms with Crippen LogP contribution in [0, 0.1) is 6.92 Å². The van der Waals surface area contributed by atoms with Gasteiger partial charge in [-0.2, -0.15) is 0 Å². The Bertz CT molecular complexity index is 743. The number of methoxy groups -OCH3 is 2. The molecule has 2 aromatic carbocycles. The second kappa shape index (κ2) is 8.26. The predicted molar refractivity (Wildman–Crippen MR) is 96.9 cm³/mol. The van der Waals surface area contributed by atoms with Crippen molar-refractivity contribution in [3.8, 4) is 11.5 Å². The molecule has 0 spiro atoms. The zero-order valence-corrected chi connectivity index (χ0v) is 14.5. The van der Waals surface area contributed by atoms with Crippen LogP contribution < -0.4 is 20.1 Å². The van der Waals surface area contributed by atoms with Gasteiger partial charge < -0.3 is 20.1 Å². The molecule has 0 saturated carbocycles. The first-order valence-corrected chi connectivity index (χ1v) is 7.63. The minimum absolute atomic E-state index is 0.375. The number of urea groups is 1. The van der Waals surface area contributed by atoms with Gasteiger partial charge in [0.2, 0.25) is 0 Å². The summed E-state index contributed by atoms with van der Waals surface area (Å²) in [5.74, 6) is 1.28. The van der Waals surface area contributed by atoms with E-state index in [1.807, 2.05) is 31.2 Å². The van der Waals surface area contributed by atoms with Crippen molar-refractivity contribution in [2.45, 2.75) is 6.92 Å². The van der Waals surface area contributed by atoms with Crippen LogP contribution in [-0.4, -0.2) is 20.3 Å². The number of aryl methyl sites for hydroxylation is 1. The maximum Gasteiger partial charge on any atom is 0.323 e. The van der Waals surface area contributed by atoms with E-state index in [9.17, 15) is 4.79 Å². The van der Waals surface area contributed by atoms with E-state index in [-0.39, 0.29) is 6.03 Å². The van der Waals surface area contributed by atoms with Gasteiger partial charge in [-0.25, -0.2) is 4.79 Å². The summed E-state index contributed by atoms with van der Waals surface area (Å²) in [5.41, 5.74) is 2.34. The molecule has 5 nitrogen and oxygen atoms in total. The first kappa shape index (κ1) is 17.7. The molecule has 0 unspecified atom stereocenters. The van der Waals surface area contributed by atoms with Crippen LogP contribution in [0.25, 0.3) is 6.08 Å². The van der Waals surface area contributed by atoms with E-state index in [1.54, 1.807) is 31.5 Å². The number of halogens is 1. The molecular formula is C18H19ClN2O3. The highest BCUT2D eigenvalue weighted by molar-refractivity contribution is 6.31. The Morgan fingerprint density at radius 3 is 2.46 bits per heavy atom. The van der Waals surface area contributed by atoms with E-state index in [0.717, 1.165) is 16.9 Å². The molecule has 6 heteroatoms. The molecule has 126 valence electrons. The average molecular weight is 347 g/mol. The van der Waals surface area contributed by atoms with Gasteiger partial charge in [0.25, 0.3) is 0 Å². The minimum Gasteiger partial charge on any atom is -0.497 e. The molecule has 2 aromatic rings. The molecule has 0 atom stereocenters. The number of amides is 2. The monoisotopic (exact) mass is 346 g/mol. The van der Waals surface area contributed by atoms with Gasteiger partial charge in [0.05, 0.1) is 19.9 Å². The van der Waals surface area contributed by atoms with E-state index < -0.39 is 0 Å². The maximum atomic E-state index is 12.0. The van der Waals surface area contributed by atoms with Crippen LogP contribution in [0.5, 0.6) is 11.5 Å². The van der Waals surface area contributed by atoms with Gasteiger partial charge in [0, 0.05) is 17.3 Å². The summed E-state index contributed by atoms with van der Waals surface area (Å²) in [5, 5.41) is 5.95. The summed E-state index contributed by atoms with van der Waals surface area (Å²) in [4.78, 5) is 12.0. The lowest BCUT2D eigenvalue weighted by molar-refractivity contribution is 0.255. The number of anilines is 1. The van der Waals surface area contributed by atoms with Gasteiger partial charge in [-0.05, 0) is 42.3 Å². The maximum absolute atomic E-state index is 12.0. The number of ether oxygens (including phenoxy) is 2. The van der Waals surface area contributed by atoms with E-state index in [1.165, 1.54) is 7.11 Å². The Balaban J connectivity index is 1.98. The summed E-state index contributed by atoms with van der Waals surface area (Å²) in [6.45, 7) is 1.86. The molecule has 2 rings (SSSR count). The van der Waals surface area contributed by atoms with E-state index in [2.05, 4.69) is 10.6 Å². The summed E-state index contributed by atoms with van der Waals surface area (Å²) in [7, 11) is 3.14. The number of nitrogens with one attached hydrogen (secondary N) is 2. The molecule has 0 aromatic heterocycles. The number of benzene rings is 2. The Kier molecular flexibility index (Phi) is 6.09. The van der Waals surface area contributed by atoms with Crippen LogP contribution >= 0.6 is 11.6 Å². The third kappa shape index (κ3) is 4.67. The molecule has 0 bridgehead atoms. The Morgan fingerprint density at radius 2 is 1.83 bits per heavy atom. The van der Waals surface area contributed by atoms with Crippen LogP contribution in [0.2, 0.25) is 5.02 Å². The van der Waals surface area contributed by atoms with Gasteiger partial charge in [-0.15, -0.1) is 0 Å². The topological polar surface area (TPSA) is 59.6 Å². The highest BCUT2D eigenvalue weighted by Crippen LogP contribution is 2.30. The Labute approximate surface area is 146 Å².